The second-order valence-electron chi connectivity index (χ2n) is 4.79. The summed E-state index contributed by atoms with van der Waals surface area (Å²) in [4.78, 5) is 15.8. The summed E-state index contributed by atoms with van der Waals surface area (Å²) in [5, 5.41) is 8.70. The number of rotatable bonds is 8. The molecule has 0 atom stereocenters. The van der Waals surface area contributed by atoms with Gasteiger partial charge in [-0.2, -0.15) is 0 Å². The van der Waals surface area contributed by atoms with Crippen molar-refractivity contribution in [2.24, 2.45) is 0 Å². The van der Waals surface area contributed by atoms with Gasteiger partial charge in [-0.15, -0.1) is 0 Å². The molecule has 1 aliphatic rings. The van der Waals surface area contributed by atoms with Gasteiger partial charge >= 0.3 is 5.97 Å². The van der Waals surface area contributed by atoms with E-state index in [1.165, 1.54) is 13.5 Å². The maximum Gasteiger partial charge on any atom is 0.306 e. The lowest BCUT2D eigenvalue weighted by Gasteiger charge is -2.34. The quantitative estimate of drug-likeness (QED) is 0.502. The van der Waals surface area contributed by atoms with Crippen LogP contribution in [0.4, 0.5) is 0 Å². The van der Waals surface area contributed by atoms with Gasteiger partial charge in [0.15, 0.2) is 0 Å². The predicted molar refractivity (Wildman–Crippen MR) is 70.4 cm³/mol. The van der Waals surface area contributed by atoms with E-state index < -0.39 is 0 Å². The Morgan fingerprint density at radius 3 is 2.22 bits per heavy atom. The minimum Gasteiger partial charge on any atom is -0.469 e. The van der Waals surface area contributed by atoms with Gasteiger partial charge in [-0.3, -0.25) is 4.79 Å². The van der Waals surface area contributed by atoms with E-state index in [0.717, 1.165) is 52.1 Å². The molecular formula is C13H26N2O3. The normalized spacial score (nSPS) is 17.9. The van der Waals surface area contributed by atoms with Crippen molar-refractivity contribution in [2.45, 2.75) is 25.7 Å². The van der Waals surface area contributed by atoms with Crippen LogP contribution in [0, 0.1) is 0 Å². The van der Waals surface area contributed by atoms with Gasteiger partial charge in [0.05, 0.1) is 13.5 Å². The zero-order chi connectivity index (χ0) is 13.2. The summed E-state index contributed by atoms with van der Waals surface area (Å²) in [5.74, 6) is -0.124. The number of unbranched alkanes of at least 4 members (excludes halogenated alkanes) is 2. The van der Waals surface area contributed by atoms with E-state index in [2.05, 4.69) is 14.5 Å². The lowest BCUT2D eigenvalue weighted by Crippen LogP contribution is -2.47. The van der Waals surface area contributed by atoms with Crippen LogP contribution in [0.1, 0.15) is 25.7 Å². The molecule has 5 heteroatoms. The largest absolute Gasteiger partial charge is 0.469 e. The number of carbonyl (C=O) groups is 1. The molecule has 5 nitrogen and oxygen atoms in total. The third-order valence-corrected chi connectivity index (χ3v) is 3.46. The molecule has 18 heavy (non-hydrogen) atoms. The first-order valence-corrected chi connectivity index (χ1v) is 6.88. The number of nitrogens with zero attached hydrogens (tertiary/aromatic N) is 2. The highest BCUT2D eigenvalue weighted by atomic mass is 16.5. The summed E-state index contributed by atoms with van der Waals surface area (Å²) in [6, 6.07) is 0. The number of methoxy groups -OCH3 is 1. The summed E-state index contributed by atoms with van der Waals surface area (Å²) < 4.78 is 4.64. The third kappa shape index (κ3) is 6.33. The van der Waals surface area contributed by atoms with Crippen LogP contribution in [-0.2, 0) is 9.53 Å². The molecule has 0 radical (unpaired) electrons. The summed E-state index contributed by atoms with van der Waals surface area (Å²) >= 11 is 0. The summed E-state index contributed by atoms with van der Waals surface area (Å²) in [6.45, 7) is 6.49. The molecule has 0 aliphatic carbocycles. The number of esters is 1. The number of ether oxygens (including phenoxy) is 1. The molecule has 1 saturated heterocycles. The maximum absolute atomic E-state index is 11.0. The van der Waals surface area contributed by atoms with Crippen molar-refractivity contribution in [3.63, 3.8) is 0 Å². The fraction of sp³-hybridized carbons (Fsp3) is 0.923. The zero-order valence-corrected chi connectivity index (χ0v) is 11.4. The van der Waals surface area contributed by atoms with Gasteiger partial charge in [0.2, 0.25) is 0 Å². The van der Waals surface area contributed by atoms with Gasteiger partial charge in [0, 0.05) is 39.3 Å². The van der Waals surface area contributed by atoms with E-state index in [-0.39, 0.29) is 5.97 Å². The molecule has 1 rings (SSSR count). The number of piperazine rings is 1. The molecular weight excluding hydrogens is 232 g/mol. The average molecular weight is 258 g/mol. The first-order chi connectivity index (χ1) is 8.76. The number of aliphatic hydroxyl groups is 1. The van der Waals surface area contributed by atoms with Crippen LogP contribution < -0.4 is 0 Å². The molecule has 0 aromatic rings. The summed E-state index contributed by atoms with van der Waals surface area (Å²) in [6.07, 6.45) is 3.69. The standard InChI is InChI=1S/C13H26N2O3/c1-18-13(17)5-7-15-10-8-14(9-11-15)6-3-2-4-12-16/h16H,2-12H2,1H3. The summed E-state index contributed by atoms with van der Waals surface area (Å²) in [7, 11) is 1.44. The fourth-order valence-electron chi connectivity index (χ4n) is 2.21. The molecule has 0 aromatic carbocycles. The zero-order valence-electron chi connectivity index (χ0n) is 11.4. The van der Waals surface area contributed by atoms with E-state index >= 15 is 0 Å². The Kier molecular flexibility index (Phi) is 7.96. The average Bonchev–Trinajstić information content (AvgIpc) is 2.42. The van der Waals surface area contributed by atoms with Crippen molar-refractivity contribution in [1.82, 2.24) is 9.80 Å². The molecule has 106 valence electrons. The van der Waals surface area contributed by atoms with Crippen molar-refractivity contribution < 1.29 is 14.6 Å². The highest BCUT2D eigenvalue weighted by Gasteiger charge is 2.16. The smallest absolute Gasteiger partial charge is 0.306 e. The minimum atomic E-state index is -0.124. The second-order valence-corrected chi connectivity index (χ2v) is 4.79. The molecule has 0 aromatic heterocycles. The van der Waals surface area contributed by atoms with E-state index in [1.807, 2.05) is 0 Å². The van der Waals surface area contributed by atoms with Gasteiger partial charge in [-0.05, 0) is 25.8 Å². The van der Waals surface area contributed by atoms with Gasteiger partial charge in [-0.1, -0.05) is 0 Å². The van der Waals surface area contributed by atoms with E-state index in [9.17, 15) is 4.79 Å². The fourth-order valence-corrected chi connectivity index (χ4v) is 2.21. The highest BCUT2D eigenvalue weighted by Crippen LogP contribution is 2.05. The van der Waals surface area contributed by atoms with Crippen LogP contribution in [0.25, 0.3) is 0 Å². The van der Waals surface area contributed by atoms with Crippen molar-refractivity contribution in [3.05, 3.63) is 0 Å². The Morgan fingerprint density at radius 2 is 1.67 bits per heavy atom. The van der Waals surface area contributed by atoms with Crippen LogP contribution in [0.15, 0.2) is 0 Å². The molecule has 0 unspecified atom stereocenters. The lowest BCUT2D eigenvalue weighted by atomic mass is 10.2. The van der Waals surface area contributed by atoms with Crippen LogP contribution in [0.2, 0.25) is 0 Å². The Bertz CT molecular complexity index is 228. The Hall–Kier alpha value is -0.650. The van der Waals surface area contributed by atoms with Crippen molar-refractivity contribution in [1.29, 1.82) is 0 Å². The Balaban J connectivity index is 2.03. The van der Waals surface area contributed by atoms with Crippen LogP contribution in [0.3, 0.4) is 0 Å². The molecule has 1 fully saturated rings. The number of aliphatic hydroxyl groups excluding tert-OH is 1. The molecule has 1 N–H and O–H groups in total. The lowest BCUT2D eigenvalue weighted by molar-refractivity contribution is -0.141. The Morgan fingerprint density at radius 1 is 1.06 bits per heavy atom. The molecule has 1 aliphatic heterocycles. The molecule has 0 spiro atoms. The van der Waals surface area contributed by atoms with Crippen molar-refractivity contribution in [2.75, 3.05) is 53.0 Å². The first-order valence-electron chi connectivity index (χ1n) is 6.88. The molecule has 1 heterocycles. The van der Waals surface area contributed by atoms with Crippen LogP contribution in [0.5, 0.6) is 0 Å². The number of hydrogen-bond donors (Lipinski definition) is 1. The van der Waals surface area contributed by atoms with Crippen molar-refractivity contribution in [3.8, 4) is 0 Å². The van der Waals surface area contributed by atoms with Gasteiger partial charge in [0.1, 0.15) is 0 Å². The first kappa shape index (κ1) is 15.4. The number of hydrogen-bond acceptors (Lipinski definition) is 5. The van der Waals surface area contributed by atoms with Crippen molar-refractivity contribution >= 4 is 5.97 Å². The van der Waals surface area contributed by atoms with Gasteiger partial charge < -0.3 is 19.6 Å². The van der Waals surface area contributed by atoms with Crippen LogP contribution in [-0.4, -0.2) is 73.9 Å². The molecule has 0 amide bonds. The second kappa shape index (κ2) is 9.30. The minimum absolute atomic E-state index is 0.124. The Labute approximate surface area is 110 Å². The monoisotopic (exact) mass is 258 g/mol. The topological polar surface area (TPSA) is 53.0 Å². The number of carbonyl (C=O) groups excluding carboxylic acids is 1. The highest BCUT2D eigenvalue weighted by molar-refractivity contribution is 5.69. The van der Waals surface area contributed by atoms with E-state index in [1.54, 1.807) is 0 Å². The van der Waals surface area contributed by atoms with Gasteiger partial charge in [0.25, 0.3) is 0 Å². The molecule has 0 saturated carbocycles. The van der Waals surface area contributed by atoms with E-state index in [0.29, 0.717) is 13.0 Å². The maximum atomic E-state index is 11.0. The van der Waals surface area contributed by atoms with E-state index in [4.69, 9.17) is 5.11 Å². The summed E-state index contributed by atoms with van der Waals surface area (Å²) in [5.41, 5.74) is 0. The van der Waals surface area contributed by atoms with Gasteiger partial charge in [-0.25, -0.2) is 0 Å². The SMILES string of the molecule is COC(=O)CCN1CCN(CCCCCO)CC1. The predicted octanol–water partition coefficient (Wildman–Crippen LogP) is 0.330. The molecule has 0 bridgehead atoms. The van der Waals surface area contributed by atoms with Crippen LogP contribution >= 0.6 is 0 Å². The third-order valence-electron chi connectivity index (χ3n) is 3.46.